The normalized spacial score (nSPS) is 11.7. The first-order valence-electron chi connectivity index (χ1n) is 7.17. The van der Waals surface area contributed by atoms with Crippen molar-refractivity contribution < 1.29 is 14.7 Å². The molecule has 1 atom stereocenters. The lowest BCUT2D eigenvalue weighted by Crippen LogP contribution is -2.37. The van der Waals surface area contributed by atoms with Crippen molar-refractivity contribution in [3.8, 4) is 0 Å². The molecule has 0 aliphatic rings. The van der Waals surface area contributed by atoms with Crippen molar-refractivity contribution in [2.75, 3.05) is 37.9 Å². The molecule has 1 aromatic carbocycles. The van der Waals surface area contributed by atoms with Crippen molar-refractivity contribution in [2.24, 2.45) is 5.92 Å². The Kier molecular flexibility index (Phi) is 5.79. The van der Waals surface area contributed by atoms with Gasteiger partial charge < -0.3 is 20.2 Å². The molecule has 0 saturated heterocycles. The number of carbonyl (C=O) groups excluding carboxylic acids is 1. The average Bonchev–Trinajstić information content (AvgIpc) is 2.41. The quantitative estimate of drug-likeness (QED) is 0.877. The summed E-state index contributed by atoms with van der Waals surface area (Å²) in [5.74, 6) is -1.52. The zero-order valence-electron chi connectivity index (χ0n) is 14.1. The first-order valence-corrected chi connectivity index (χ1v) is 7.17. The largest absolute Gasteiger partial charge is 0.481 e. The number of hydrogen-bond donors (Lipinski definition) is 2. The monoisotopic (exact) mass is 307 g/mol. The number of benzene rings is 1. The number of aryl methyl sites for hydroxylation is 2. The smallest absolute Gasteiger partial charge is 0.321 e. The molecule has 1 rings (SSSR count). The van der Waals surface area contributed by atoms with Crippen LogP contribution in [0.15, 0.2) is 12.1 Å². The van der Waals surface area contributed by atoms with E-state index in [-0.39, 0.29) is 12.6 Å². The van der Waals surface area contributed by atoms with E-state index in [0.29, 0.717) is 0 Å². The number of amides is 2. The van der Waals surface area contributed by atoms with Crippen LogP contribution in [-0.4, -0.2) is 49.7 Å². The summed E-state index contributed by atoms with van der Waals surface area (Å²) in [6.45, 7) is 5.62. The number of carboxylic acids is 1. The maximum Gasteiger partial charge on any atom is 0.321 e. The zero-order chi connectivity index (χ0) is 17.0. The Morgan fingerprint density at radius 1 is 1.18 bits per heavy atom. The summed E-state index contributed by atoms with van der Waals surface area (Å²) >= 11 is 0. The fourth-order valence-electron chi connectivity index (χ4n) is 2.17. The number of carbonyl (C=O) groups is 2. The third kappa shape index (κ3) is 4.38. The Hall–Kier alpha value is -2.24. The van der Waals surface area contributed by atoms with Gasteiger partial charge in [0.15, 0.2) is 0 Å². The lowest BCUT2D eigenvalue weighted by atomic mass is 10.1. The van der Waals surface area contributed by atoms with Gasteiger partial charge in [0.2, 0.25) is 0 Å². The molecule has 0 aliphatic carbocycles. The third-order valence-electron chi connectivity index (χ3n) is 3.58. The molecule has 0 radical (unpaired) electrons. The predicted octanol–water partition coefficient (Wildman–Crippen LogP) is 2.55. The number of anilines is 2. The molecular formula is C16H25N3O3. The van der Waals surface area contributed by atoms with Gasteiger partial charge in [-0.1, -0.05) is 6.92 Å². The van der Waals surface area contributed by atoms with Crippen LogP contribution in [0, 0.1) is 19.8 Å². The van der Waals surface area contributed by atoms with E-state index in [4.69, 9.17) is 5.11 Å². The molecule has 1 aromatic rings. The molecule has 2 N–H and O–H groups in total. The highest BCUT2D eigenvalue weighted by Gasteiger charge is 2.18. The molecule has 0 spiro atoms. The standard InChI is InChI=1S/C16H25N3O3/c1-10-7-13(18(4)5)8-11(2)14(10)17-16(22)19(6)9-12(3)15(20)21/h7-8,12H,9H2,1-6H3,(H,17,22)(H,20,21). The van der Waals surface area contributed by atoms with Crippen molar-refractivity contribution >= 4 is 23.4 Å². The molecule has 1 unspecified atom stereocenters. The topological polar surface area (TPSA) is 72.9 Å². The van der Waals surface area contributed by atoms with Gasteiger partial charge in [0.1, 0.15) is 0 Å². The van der Waals surface area contributed by atoms with Gasteiger partial charge in [-0.25, -0.2) is 4.79 Å². The van der Waals surface area contributed by atoms with Gasteiger partial charge in [0.05, 0.1) is 5.92 Å². The van der Waals surface area contributed by atoms with E-state index in [1.165, 1.54) is 4.90 Å². The molecule has 22 heavy (non-hydrogen) atoms. The number of nitrogens with one attached hydrogen (secondary N) is 1. The molecule has 6 nitrogen and oxygen atoms in total. The molecule has 122 valence electrons. The molecule has 0 heterocycles. The maximum absolute atomic E-state index is 12.2. The summed E-state index contributed by atoms with van der Waals surface area (Å²) in [5.41, 5.74) is 3.78. The first kappa shape index (κ1) is 17.8. The minimum atomic E-state index is -0.914. The van der Waals surface area contributed by atoms with Crippen molar-refractivity contribution in [2.45, 2.75) is 20.8 Å². The predicted molar refractivity (Wildman–Crippen MR) is 88.7 cm³/mol. The molecule has 0 aromatic heterocycles. The minimum absolute atomic E-state index is 0.162. The Labute approximate surface area is 131 Å². The van der Waals surface area contributed by atoms with Crippen LogP contribution in [0.25, 0.3) is 0 Å². The highest BCUT2D eigenvalue weighted by atomic mass is 16.4. The Bertz CT molecular complexity index is 547. The molecule has 0 bridgehead atoms. The van der Waals surface area contributed by atoms with Crippen LogP contribution in [0.2, 0.25) is 0 Å². The summed E-state index contributed by atoms with van der Waals surface area (Å²) in [6, 6.07) is 3.70. The lowest BCUT2D eigenvalue weighted by molar-refractivity contribution is -0.141. The van der Waals surface area contributed by atoms with Crippen LogP contribution < -0.4 is 10.2 Å². The van der Waals surface area contributed by atoms with E-state index in [1.807, 2.05) is 45.0 Å². The van der Waals surface area contributed by atoms with E-state index in [9.17, 15) is 9.59 Å². The highest BCUT2D eigenvalue weighted by molar-refractivity contribution is 5.91. The van der Waals surface area contributed by atoms with Gasteiger partial charge in [-0.15, -0.1) is 0 Å². The number of rotatable bonds is 5. The van der Waals surface area contributed by atoms with Crippen LogP contribution >= 0.6 is 0 Å². The van der Waals surface area contributed by atoms with Gasteiger partial charge in [-0.3, -0.25) is 4.79 Å². The summed E-state index contributed by atoms with van der Waals surface area (Å²) in [4.78, 5) is 26.5. The number of carboxylic acid groups (broad SMARTS) is 1. The van der Waals surface area contributed by atoms with Gasteiger partial charge in [0.25, 0.3) is 0 Å². The summed E-state index contributed by atoms with van der Waals surface area (Å²) in [7, 11) is 5.52. The van der Waals surface area contributed by atoms with Gasteiger partial charge in [0, 0.05) is 39.1 Å². The molecule has 0 aliphatic heterocycles. The van der Waals surface area contributed by atoms with Crippen molar-refractivity contribution in [3.63, 3.8) is 0 Å². The Morgan fingerprint density at radius 3 is 2.09 bits per heavy atom. The van der Waals surface area contributed by atoms with Gasteiger partial charge >= 0.3 is 12.0 Å². The fraction of sp³-hybridized carbons (Fsp3) is 0.500. The van der Waals surface area contributed by atoms with E-state index < -0.39 is 11.9 Å². The van der Waals surface area contributed by atoms with Crippen molar-refractivity contribution in [1.82, 2.24) is 4.90 Å². The Balaban J connectivity index is 2.86. The van der Waals surface area contributed by atoms with E-state index in [0.717, 1.165) is 22.5 Å². The number of nitrogens with zero attached hydrogens (tertiary/aromatic N) is 2. The molecular weight excluding hydrogens is 282 g/mol. The van der Waals surface area contributed by atoms with Gasteiger partial charge in [-0.2, -0.15) is 0 Å². The van der Waals surface area contributed by atoms with E-state index in [2.05, 4.69) is 5.32 Å². The lowest BCUT2D eigenvalue weighted by Gasteiger charge is -2.22. The fourth-order valence-corrected chi connectivity index (χ4v) is 2.17. The maximum atomic E-state index is 12.2. The van der Waals surface area contributed by atoms with Crippen molar-refractivity contribution in [1.29, 1.82) is 0 Å². The Morgan fingerprint density at radius 2 is 1.68 bits per heavy atom. The summed E-state index contributed by atoms with van der Waals surface area (Å²) < 4.78 is 0. The number of aliphatic carboxylic acids is 1. The minimum Gasteiger partial charge on any atom is -0.481 e. The second-order valence-electron chi connectivity index (χ2n) is 5.90. The molecule has 0 fully saturated rings. The average molecular weight is 307 g/mol. The highest BCUT2D eigenvalue weighted by Crippen LogP contribution is 2.26. The third-order valence-corrected chi connectivity index (χ3v) is 3.58. The second-order valence-corrected chi connectivity index (χ2v) is 5.90. The van der Waals surface area contributed by atoms with Gasteiger partial charge in [-0.05, 0) is 37.1 Å². The SMILES string of the molecule is Cc1cc(N(C)C)cc(C)c1NC(=O)N(C)CC(C)C(=O)O. The zero-order valence-corrected chi connectivity index (χ0v) is 14.1. The first-order chi connectivity index (χ1) is 10.1. The van der Waals surface area contributed by atoms with Crippen LogP contribution in [-0.2, 0) is 4.79 Å². The molecule has 0 saturated carbocycles. The van der Waals surface area contributed by atoms with Crippen LogP contribution in [0.5, 0.6) is 0 Å². The summed E-state index contributed by atoms with van der Waals surface area (Å²) in [5, 5.41) is 11.8. The number of hydrogen-bond acceptors (Lipinski definition) is 3. The second kappa shape index (κ2) is 7.15. The van der Waals surface area contributed by atoms with E-state index >= 15 is 0 Å². The summed E-state index contributed by atoms with van der Waals surface area (Å²) in [6.07, 6.45) is 0. The number of urea groups is 1. The molecule has 2 amide bonds. The molecule has 6 heteroatoms. The van der Waals surface area contributed by atoms with Crippen LogP contribution in [0.3, 0.4) is 0 Å². The van der Waals surface area contributed by atoms with E-state index in [1.54, 1.807) is 14.0 Å². The van der Waals surface area contributed by atoms with Crippen molar-refractivity contribution in [3.05, 3.63) is 23.3 Å². The van der Waals surface area contributed by atoms with Crippen LogP contribution in [0.1, 0.15) is 18.1 Å². The van der Waals surface area contributed by atoms with Crippen LogP contribution in [0.4, 0.5) is 16.2 Å².